The number of para-hydroxylation sites is 1. The van der Waals surface area contributed by atoms with Gasteiger partial charge in [0.05, 0.1) is 12.1 Å². The lowest BCUT2D eigenvalue weighted by molar-refractivity contribution is 0.141. The van der Waals surface area contributed by atoms with Gasteiger partial charge in [-0.1, -0.05) is 12.1 Å². The predicted molar refractivity (Wildman–Crippen MR) is 72.8 cm³/mol. The molecular weight excluding hydrogens is 278 g/mol. The highest BCUT2D eigenvalue weighted by atomic mass is 19.3. The molecule has 2 aromatic heterocycles. The SMILES string of the molecule is Cn1ncnc1CNc1nc(C(F)F)nc2ccccc12. The highest BCUT2D eigenvalue weighted by Crippen LogP contribution is 2.24. The van der Waals surface area contributed by atoms with Gasteiger partial charge in [-0.15, -0.1) is 0 Å². The normalized spacial score (nSPS) is 11.2. The Morgan fingerprint density at radius 3 is 2.76 bits per heavy atom. The van der Waals surface area contributed by atoms with Crippen molar-refractivity contribution in [3.63, 3.8) is 0 Å². The Hall–Kier alpha value is -2.64. The molecule has 0 bridgehead atoms. The number of fused-ring (bicyclic) bond motifs is 1. The number of benzene rings is 1. The summed E-state index contributed by atoms with van der Waals surface area (Å²) in [5, 5.41) is 7.65. The Labute approximate surface area is 118 Å². The van der Waals surface area contributed by atoms with Gasteiger partial charge in [0.2, 0.25) is 0 Å². The summed E-state index contributed by atoms with van der Waals surface area (Å²) in [5.41, 5.74) is 0.475. The van der Waals surface area contributed by atoms with E-state index in [-0.39, 0.29) is 0 Å². The molecule has 0 saturated heterocycles. The third kappa shape index (κ3) is 2.64. The van der Waals surface area contributed by atoms with E-state index in [0.717, 1.165) is 0 Å². The van der Waals surface area contributed by atoms with Gasteiger partial charge in [0.25, 0.3) is 6.43 Å². The highest BCUT2D eigenvalue weighted by Gasteiger charge is 2.15. The molecule has 0 spiro atoms. The minimum absolute atomic E-state index is 0.334. The molecule has 0 amide bonds. The van der Waals surface area contributed by atoms with Crippen LogP contribution in [0.1, 0.15) is 18.1 Å². The molecule has 2 heterocycles. The van der Waals surface area contributed by atoms with Crippen molar-refractivity contribution in [3.8, 4) is 0 Å². The maximum absolute atomic E-state index is 12.9. The van der Waals surface area contributed by atoms with Crippen LogP contribution in [0.4, 0.5) is 14.6 Å². The number of nitrogens with one attached hydrogen (secondary N) is 1. The molecule has 21 heavy (non-hydrogen) atoms. The molecule has 0 fully saturated rings. The minimum Gasteiger partial charge on any atom is -0.362 e. The number of hydrogen-bond donors (Lipinski definition) is 1. The number of anilines is 1. The maximum Gasteiger partial charge on any atom is 0.297 e. The zero-order valence-corrected chi connectivity index (χ0v) is 11.2. The summed E-state index contributed by atoms with van der Waals surface area (Å²) in [6.45, 7) is 0.334. The number of aryl methyl sites for hydroxylation is 1. The van der Waals surface area contributed by atoms with Crippen LogP contribution >= 0.6 is 0 Å². The Bertz CT molecular complexity index is 770. The van der Waals surface area contributed by atoms with E-state index in [4.69, 9.17) is 0 Å². The third-order valence-corrected chi connectivity index (χ3v) is 3.03. The number of aromatic nitrogens is 5. The van der Waals surface area contributed by atoms with Crippen molar-refractivity contribution in [2.24, 2.45) is 7.05 Å². The summed E-state index contributed by atoms with van der Waals surface area (Å²) >= 11 is 0. The second-order valence-corrected chi connectivity index (χ2v) is 4.40. The molecule has 3 aromatic rings. The topological polar surface area (TPSA) is 68.5 Å². The average molecular weight is 290 g/mol. The van der Waals surface area contributed by atoms with Gasteiger partial charge < -0.3 is 5.32 Å². The quantitative estimate of drug-likeness (QED) is 0.798. The monoisotopic (exact) mass is 290 g/mol. The summed E-state index contributed by atoms with van der Waals surface area (Å²) in [6, 6.07) is 7.01. The van der Waals surface area contributed by atoms with E-state index in [9.17, 15) is 8.78 Å². The zero-order valence-electron chi connectivity index (χ0n) is 11.2. The molecule has 8 heteroatoms. The Morgan fingerprint density at radius 2 is 2.05 bits per heavy atom. The molecule has 0 aliphatic carbocycles. The van der Waals surface area contributed by atoms with E-state index >= 15 is 0 Å². The van der Waals surface area contributed by atoms with Crippen molar-refractivity contribution >= 4 is 16.7 Å². The lowest BCUT2D eigenvalue weighted by Crippen LogP contribution is -2.09. The van der Waals surface area contributed by atoms with Crippen LogP contribution in [-0.4, -0.2) is 24.7 Å². The molecular formula is C13H12F2N6. The van der Waals surface area contributed by atoms with Gasteiger partial charge in [-0.25, -0.2) is 23.7 Å². The van der Waals surface area contributed by atoms with Crippen LogP contribution in [-0.2, 0) is 13.6 Å². The van der Waals surface area contributed by atoms with Crippen LogP contribution in [0.15, 0.2) is 30.6 Å². The molecule has 0 unspecified atom stereocenters. The standard InChI is InChI=1S/C13H12F2N6/c1-21-10(17-7-18-21)6-16-12-8-4-2-3-5-9(8)19-13(20-12)11(14)15/h2-5,7,11H,6H2,1H3,(H,16,19,20). The maximum atomic E-state index is 12.9. The van der Waals surface area contributed by atoms with Gasteiger partial charge in [-0.3, -0.25) is 4.68 Å². The van der Waals surface area contributed by atoms with Gasteiger partial charge in [0.15, 0.2) is 5.82 Å². The molecule has 1 aromatic carbocycles. The van der Waals surface area contributed by atoms with Crippen LogP contribution in [0.25, 0.3) is 10.9 Å². The van der Waals surface area contributed by atoms with Crippen LogP contribution in [0.2, 0.25) is 0 Å². The van der Waals surface area contributed by atoms with Crippen molar-refractivity contribution < 1.29 is 8.78 Å². The number of hydrogen-bond acceptors (Lipinski definition) is 5. The smallest absolute Gasteiger partial charge is 0.297 e. The summed E-state index contributed by atoms with van der Waals surface area (Å²) < 4.78 is 27.3. The Kier molecular flexibility index (Phi) is 3.43. The van der Waals surface area contributed by atoms with E-state index in [1.54, 1.807) is 36.0 Å². The number of rotatable bonds is 4. The summed E-state index contributed by atoms with van der Waals surface area (Å²) in [6.07, 6.45) is -1.29. The summed E-state index contributed by atoms with van der Waals surface area (Å²) in [5.74, 6) is 0.546. The molecule has 0 aliphatic rings. The van der Waals surface area contributed by atoms with Gasteiger partial charge in [0.1, 0.15) is 18.0 Å². The van der Waals surface area contributed by atoms with Crippen molar-refractivity contribution in [2.75, 3.05) is 5.32 Å². The first-order chi connectivity index (χ1) is 10.1. The molecule has 0 saturated carbocycles. The first kappa shape index (κ1) is 13.3. The van der Waals surface area contributed by atoms with Crippen molar-refractivity contribution in [1.29, 1.82) is 0 Å². The molecule has 6 nitrogen and oxygen atoms in total. The van der Waals surface area contributed by atoms with Crippen LogP contribution in [0.3, 0.4) is 0 Å². The zero-order chi connectivity index (χ0) is 14.8. The summed E-state index contributed by atoms with van der Waals surface area (Å²) in [4.78, 5) is 11.8. The van der Waals surface area contributed by atoms with Gasteiger partial charge >= 0.3 is 0 Å². The van der Waals surface area contributed by atoms with Crippen molar-refractivity contribution in [1.82, 2.24) is 24.7 Å². The fourth-order valence-electron chi connectivity index (χ4n) is 1.97. The lowest BCUT2D eigenvalue weighted by Gasteiger charge is -2.10. The van der Waals surface area contributed by atoms with E-state index in [2.05, 4.69) is 25.4 Å². The fraction of sp³-hybridized carbons (Fsp3) is 0.231. The molecule has 108 valence electrons. The first-order valence-corrected chi connectivity index (χ1v) is 6.26. The highest BCUT2D eigenvalue weighted by molar-refractivity contribution is 5.88. The Balaban J connectivity index is 1.98. The van der Waals surface area contributed by atoms with E-state index in [1.165, 1.54) is 6.33 Å². The van der Waals surface area contributed by atoms with E-state index in [1.807, 2.05) is 0 Å². The largest absolute Gasteiger partial charge is 0.362 e. The lowest BCUT2D eigenvalue weighted by atomic mass is 10.2. The van der Waals surface area contributed by atoms with Gasteiger partial charge in [-0.05, 0) is 12.1 Å². The fourth-order valence-corrected chi connectivity index (χ4v) is 1.97. The third-order valence-electron chi connectivity index (χ3n) is 3.03. The molecule has 1 N–H and O–H groups in total. The average Bonchev–Trinajstić information content (AvgIpc) is 2.89. The van der Waals surface area contributed by atoms with Crippen LogP contribution in [0.5, 0.6) is 0 Å². The van der Waals surface area contributed by atoms with Gasteiger partial charge in [0, 0.05) is 12.4 Å². The molecule has 0 radical (unpaired) electrons. The van der Waals surface area contributed by atoms with E-state index in [0.29, 0.717) is 29.1 Å². The molecule has 0 aliphatic heterocycles. The predicted octanol–water partition coefficient (Wildman–Crippen LogP) is 2.31. The molecule has 0 atom stereocenters. The summed E-state index contributed by atoms with van der Waals surface area (Å²) in [7, 11) is 1.76. The second-order valence-electron chi connectivity index (χ2n) is 4.40. The number of nitrogens with zero attached hydrogens (tertiary/aromatic N) is 5. The number of halogens is 2. The second kappa shape index (κ2) is 5.39. The molecule has 3 rings (SSSR count). The van der Waals surface area contributed by atoms with Crippen LogP contribution in [0, 0.1) is 0 Å². The van der Waals surface area contributed by atoms with Crippen molar-refractivity contribution in [2.45, 2.75) is 13.0 Å². The van der Waals surface area contributed by atoms with Crippen LogP contribution < -0.4 is 5.32 Å². The Morgan fingerprint density at radius 1 is 1.24 bits per heavy atom. The first-order valence-electron chi connectivity index (χ1n) is 6.26. The minimum atomic E-state index is -2.72. The van der Waals surface area contributed by atoms with Gasteiger partial charge in [-0.2, -0.15) is 5.10 Å². The number of alkyl halides is 2. The van der Waals surface area contributed by atoms with E-state index < -0.39 is 12.2 Å². The van der Waals surface area contributed by atoms with Crippen molar-refractivity contribution in [3.05, 3.63) is 42.2 Å².